The molecule has 0 bridgehead atoms. The Labute approximate surface area is 177 Å². The number of nitro benzene ring substituents is 1. The van der Waals surface area contributed by atoms with Crippen LogP contribution in [0.3, 0.4) is 0 Å². The Morgan fingerprint density at radius 1 is 0.839 bits per heavy atom. The van der Waals surface area contributed by atoms with Gasteiger partial charge < -0.3 is 4.74 Å². The van der Waals surface area contributed by atoms with E-state index in [1.54, 1.807) is 12.1 Å². The molecular formula is C22H18N6O3. The molecule has 3 N–H and O–H groups in total. The molecule has 1 unspecified atom stereocenters. The van der Waals surface area contributed by atoms with Gasteiger partial charge in [0.25, 0.3) is 5.69 Å². The van der Waals surface area contributed by atoms with Crippen LogP contribution < -0.4 is 10.9 Å². The fourth-order valence-corrected chi connectivity index (χ4v) is 2.96. The summed E-state index contributed by atoms with van der Waals surface area (Å²) >= 11 is 0. The number of para-hydroxylation sites is 2. The largest absolute Gasteiger partial charge is 0.461 e. The predicted octanol–water partition coefficient (Wildman–Crippen LogP) is 4.58. The molecule has 0 radical (unpaired) electrons. The number of hydrazone groups is 2. The molecule has 0 aromatic heterocycles. The smallest absolute Gasteiger partial charge is 0.269 e. The number of non-ortho nitro benzene ring substituents is 1. The van der Waals surface area contributed by atoms with Crippen LogP contribution in [0, 0.1) is 15.5 Å². The molecular weight excluding hydrogens is 396 g/mol. The Bertz CT molecular complexity index is 1140. The molecule has 1 saturated heterocycles. The van der Waals surface area contributed by atoms with Crippen molar-refractivity contribution in [3.8, 4) is 0 Å². The number of hydrogen-bond acceptors (Lipinski definition) is 8. The zero-order valence-corrected chi connectivity index (χ0v) is 16.2. The first-order chi connectivity index (χ1) is 15.1. The van der Waals surface area contributed by atoms with E-state index in [1.807, 2.05) is 60.7 Å². The van der Waals surface area contributed by atoms with E-state index in [2.05, 4.69) is 21.1 Å². The van der Waals surface area contributed by atoms with Crippen LogP contribution in [0.5, 0.6) is 0 Å². The third-order valence-electron chi connectivity index (χ3n) is 4.50. The summed E-state index contributed by atoms with van der Waals surface area (Å²) in [5.74, 6) is -0.152. The van der Waals surface area contributed by atoms with Crippen molar-refractivity contribution >= 4 is 34.4 Å². The van der Waals surface area contributed by atoms with Gasteiger partial charge in [-0.25, -0.2) is 0 Å². The molecule has 1 aliphatic heterocycles. The van der Waals surface area contributed by atoms with Crippen molar-refractivity contribution in [2.45, 2.75) is 6.10 Å². The second-order valence-electron chi connectivity index (χ2n) is 6.59. The molecule has 0 aliphatic carbocycles. The second-order valence-corrected chi connectivity index (χ2v) is 6.59. The lowest BCUT2D eigenvalue weighted by Crippen LogP contribution is -2.19. The number of benzene rings is 3. The highest BCUT2D eigenvalue weighted by Gasteiger charge is 2.37. The van der Waals surface area contributed by atoms with Crippen molar-refractivity contribution in [1.29, 1.82) is 5.41 Å². The van der Waals surface area contributed by atoms with E-state index < -0.39 is 11.0 Å². The van der Waals surface area contributed by atoms with Crippen LogP contribution in [0.25, 0.3) is 0 Å². The topological polar surface area (TPSA) is 125 Å². The molecule has 31 heavy (non-hydrogen) atoms. The first-order valence-electron chi connectivity index (χ1n) is 9.39. The van der Waals surface area contributed by atoms with E-state index in [9.17, 15) is 10.1 Å². The minimum Gasteiger partial charge on any atom is -0.461 e. The molecule has 4 rings (SSSR count). The third kappa shape index (κ3) is 4.56. The number of ether oxygens (including phenoxy) is 1. The Morgan fingerprint density at radius 2 is 1.39 bits per heavy atom. The van der Waals surface area contributed by atoms with Crippen LogP contribution in [0.2, 0.25) is 0 Å². The van der Waals surface area contributed by atoms with E-state index in [4.69, 9.17) is 10.1 Å². The van der Waals surface area contributed by atoms with Crippen LogP contribution in [-0.4, -0.2) is 22.2 Å². The minimum absolute atomic E-state index is 0.0302. The molecule has 3 aromatic rings. The van der Waals surface area contributed by atoms with E-state index in [-0.39, 0.29) is 17.3 Å². The Morgan fingerprint density at radius 3 is 1.94 bits per heavy atom. The first-order valence-corrected chi connectivity index (χ1v) is 9.39. The molecule has 0 amide bonds. The van der Waals surface area contributed by atoms with Crippen molar-refractivity contribution in [2.24, 2.45) is 10.2 Å². The zero-order chi connectivity index (χ0) is 21.6. The minimum atomic E-state index is -0.735. The third-order valence-corrected chi connectivity index (χ3v) is 4.50. The average molecular weight is 414 g/mol. The van der Waals surface area contributed by atoms with Gasteiger partial charge in [0.05, 0.1) is 16.3 Å². The summed E-state index contributed by atoms with van der Waals surface area (Å²) in [6.45, 7) is 0. The van der Waals surface area contributed by atoms with Gasteiger partial charge in [-0.3, -0.25) is 26.4 Å². The molecule has 1 aliphatic rings. The summed E-state index contributed by atoms with van der Waals surface area (Å²) in [6, 6.07) is 24.6. The molecule has 9 heteroatoms. The van der Waals surface area contributed by atoms with E-state index in [0.29, 0.717) is 11.3 Å². The van der Waals surface area contributed by atoms with Gasteiger partial charge in [0.15, 0.2) is 11.8 Å². The highest BCUT2D eigenvalue weighted by molar-refractivity contribution is 6.69. The monoisotopic (exact) mass is 414 g/mol. The summed E-state index contributed by atoms with van der Waals surface area (Å²) in [5, 5.41) is 28.0. The summed E-state index contributed by atoms with van der Waals surface area (Å²) in [5.41, 5.74) is 8.57. The predicted molar refractivity (Wildman–Crippen MR) is 120 cm³/mol. The standard InChI is InChI=1S/C22H18N6O3/c23-22-20(27-25-17-9-5-2-6-10-17)19(26-24-16-7-3-1-4-8-16)21(31-22)15-11-13-18(14-12-15)28(29)30/h1-14,21,23-25H/b23-22?,26-19+,27-20-. The fourth-order valence-electron chi connectivity index (χ4n) is 2.96. The Hall–Kier alpha value is -4.53. The number of nitrogens with zero attached hydrogens (tertiary/aromatic N) is 3. The van der Waals surface area contributed by atoms with Gasteiger partial charge in [-0.15, -0.1) is 0 Å². The lowest BCUT2D eigenvalue weighted by atomic mass is 10.0. The number of anilines is 2. The lowest BCUT2D eigenvalue weighted by molar-refractivity contribution is -0.384. The van der Waals surface area contributed by atoms with E-state index in [0.717, 1.165) is 11.4 Å². The first kappa shape index (κ1) is 19.8. The van der Waals surface area contributed by atoms with Crippen LogP contribution in [-0.2, 0) is 4.74 Å². The highest BCUT2D eigenvalue weighted by Crippen LogP contribution is 2.28. The summed E-state index contributed by atoms with van der Waals surface area (Å²) in [7, 11) is 0. The van der Waals surface area contributed by atoms with Crippen molar-refractivity contribution in [2.75, 3.05) is 10.9 Å². The summed E-state index contributed by atoms with van der Waals surface area (Å²) in [4.78, 5) is 10.5. The molecule has 1 heterocycles. The van der Waals surface area contributed by atoms with Crippen LogP contribution in [0.4, 0.5) is 17.1 Å². The lowest BCUT2D eigenvalue weighted by Gasteiger charge is -2.11. The Balaban J connectivity index is 1.68. The molecule has 9 nitrogen and oxygen atoms in total. The maximum Gasteiger partial charge on any atom is 0.269 e. The summed E-state index contributed by atoms with van der Waals surface area (Å²) in [6.07, 6.45) is -0.735. The van der Waals surface area contributed by atoms with Crippen molar-refractivity contribution in [3.05, 3.63) is 101 Å². The van der Waals surface area contributed by atoms with E-state index in [1.165, 1.54) is 12.1 Å². The molecule has 0 saturated carbocycles. The van der Waals surface area contributed by atoms with Gasteiger partial charge in [0.2, 0.25) is 5.90 Å². The number of nitrogens with one attached hydrogen (secondary N) is 3. The number of hydrogen-bond donors (Lipinski definition) is 3. The molecule has 3 aromatic carbocycles. The number of rotatable bonds is 6. The fraction of sp³-hybridized carbons (Fsp3) is 0.0455. The van der Waals surface area contributed by atoms with Gasteiger partial charge >= 0.3 is 0 Å². The molecule has 1 fully saturated rings. The van der Waals surface area contributed by atoms with Gasteiger partial charge in [-0.1, -0.05) is 36.4 Å². The average Bonchev–Trinajstić information content (AvgIpc) is 3.12. The molecule has 1 atom stereocenters. The van der Waals surface area contributed by atoms with Gasteiger partial charge in [0.1, 0.15) is 5.71 Å². The second kappa shape index (κ2) is 8.87. The highest BCUT2D eigenvalue weighted by atomic mass is 16.6. The summed E-state index contributed by atoms with van der Waals surface area (Å²) < 4.78 is 5.72. The van der Waals surface area contributed by atoms with Crippen LogP contribution >= 0.6 is 0 Å². The van der Waals surface area contributed by atoms with Gasteiger partial charge in [-0.05, 0) is 42.0 Å². The van der Waals surface area contributed by atoms with Gasteiger partial charge in [-0.2, -0.15) is 10.2 Å². The normalized spacial score (nSPS) is 18.1. The maximum absolute atomic E-state index is 11.0. The van der Waals surface area contributed by atoms with Crippen LogP contribution in [0.15, 0.2) is 95.1 Å². The maximum atomic E-state index is 11.0. The van der Waals surface area contributed by atoms with Crippen molar-refractivity contribution in [3.63, 3.8) is 0 Å². The van der Waals surface area contributed by atoms with Crippen molar-refractivity contribution in [1.82, 2.24) is 0 Å². The van der Waals surface area contributed by atoms with Crippen LogP contribution in [0.1, 0.15) is 11.7 Å². The Kier molecular flexibility index (Phi) is 5.66. The zero-order valence-electron chi connectivity index (χ0n) is 16.2. The molecule has 154 valence electrons. The van der Waals surface area contributed by atoms with E-state index >= 15 is 0 Å². The molecule has 0 spiro atoms. The SMILES string of the molecule is N=C1OC(c2ccc([N+](=O)[O-])cc2)C(=N/Nc2ccccc2)/C1=N/Nc1ccccc1. The quantitative estimate of drug-likeness (QED) is 0.402. The van der Waals surface area contributed by atoms with Gasteiger partial charge in [0, 0.05) is 12.1 Å². The number of nitro groups is 1. The van der Waals surface area contributed by atoms with Crippen molar-refractivity contribution < 1.29 is 9.66 Å².